The van der Waals surface area contributed by atoms with Gasteiger partial charge in [-0.2, -0.15) is 0 Å². The van der Waals surface area contributed by atoms with Crippen molar-refractivity contribution >= 4 is 11.7 Å². The van der Waals surface area contributed by atoms with Crippen molar-refractivity contribution in [3.8, 4) is 0 Å². The number of carbonyl (C=O) groups excluding carboxylic acids is 1. The van der Waals surface area contributed by atoms with E-state index >= 15 is 0 Å². The molecule has 1 aromatic rings. The van der Waals surface area contributed by atoms with Gasteiger partial charge >= 0.3 is 6.03 Å². The van der Waals surface area contributed by atoms with Crippen molar-refractivity contribution in [2.45, 2.75) is 27.2 Å². The fourth-order valence-corrected chi connectivity index (χ4v) is 1.41. The average Bonchev–Trinajstić information content (AvgIpc) is 2.21. The monoisotopic (exact) mass is 206 g/mol. The zero-order valence-corrected chi connectivity index (χ0v) is 9.55. The maximum Gasteiger partial charge on any atom is 0.319 e. The van der Waals surface area contributed by atoms with Crippen molar-refractivity contribution in [3.63, 3.8) is 0 Å². The third-order valence-corrected chi connectivity index (χ3v) is 2.28. The molecular weight excluding hydrogens is 188 g/mol. The predicted octanol–water partition coefficient (Wildman–Crippen LogP) is 2.70. The summed E-state index contributed by atoms with van der Waals surface area (Å²) in [7, 11) is 0. The highest BCUT2D eigenvalue weighted by molar-refractivity contribution is 5.90. The standard InChI is InChI=1S/C12H18N2O/c1-4-10-6-7-11(9(3)8-10)14-12(15)13-5-2/h6-8H,4-5H2,1-3H3,(H2,13,14,15). The summed E-state index contributed by atoms with van der Waals surface area (Å²) in [6.07, 6.45) is 1.02. The zero-order chi connectivity index (χ0) is 11.3. The van der Waals surface area contributed by atoms with E-state index in [-0.39, 0.29) is 6.03 Å². The molecule has 0 aliphatic carbocycles. The van der Waals surface area contributed by atoms with Gasteiger partial charge in [-0.3, -0.25) is 0 Å². The summed E-state index contributed by atoms with van der Waals surface area (Å²) in [5.41, 5.74) is 3.26. The third-order valence-electron chi connectivity index (χ3n) is 2.28. The van der Waals surface area contributed by atoms with Crippen LogP contribution < -0.4 is 10.6 Å². The second-order valence-corrected chi connectivity index (χ2v) is 3.49. The van der Waals surface area contributed by atoms with Crippen LogP contribution in [0, 0.1) is 6.92 Å². The van der Waals surface area contributed by atoms with E-state index in [1.54, 1.807) is 0 Å². The Morgan fingerprint density at radius 1 is 1.33 bits per heavy atom. The lowest BCUT2D eigenvalue weighted by Crippen LogP contribution is -2.28. The molecule has 0 aliphatic rings. The molecule has 0 spiro atoms. The second-order valence-electron chi connectivity index (χ2n) is 3.49. The first-order valence-corrected chi connectivity index (χ1v) is 5.31. The van der Waals surface area contributed by atoms with E-state index < -0.39 is 0 Å². The van der Waals surface area contributed by atoms with Gasteiger partial charge in [0.25, 0.3) is 0 Å². The summed E-state index contributed by atoms with van der Waals surface area (Å²) in [6.45, 7) is 6.65. The molecule has 2 amide bonds. The van der Waals surface area contributed by atoms with Gasteiger partial charge in [-0.15, -0.1) is 0 Å². The molecule has 1 aromatic carbocycles. The molecule has 0 unspecified atom stereocenters. The molecule has 82 valence electrons. The fraction of sp³-hybridized carbons (Fsp3) is 0.417. The number of hydrogen-bond donors (Lipinski definition) is 2. The van der Waals surface area contributed by atoms with Crippen molar-refractivity contribution in [1.82, 2.24) is 5.32 Å². The fourth-order valence-electron chi connectivity index (χ4n) is 1.41. The SMILES string of the molecule is CCNC(=O)Nc1ccc(CC)cc1C. The maximum atomic E-state index is 11.3. The van der Waals surface area contributed by atoms with Gasteiger partial charge < -0.3 is 10.6 Å². The molecule has 0 aromatic heterocycles. The van der Waals surface area contributed by atoms with E-state index in [9.17, 15) is 4.79 Å². The highest BCUT2D eigenvalue weighted by Crippen LogP contribution is 2.16. The molecule has 2 N–H and O–H groups in total. The van der Waals surface area contributed by atoms with Gasteiger partial charge in [-0.05, 0) is 37.5 Å². The van der Waals surface area contributed by atoms with Crippen LogP contribution in [0.15, 0.2) is 18.2 Å². The summed E-state index contributed by atoms with van der Waals surface area (Å²) in [4.78, 5) is 11.3. The Bertz CT molecular complexity index is 347. The van der Waals surface area contributed by atoms with Crippen LogP contribution in [0.5, 0.6) is 0 Å². The number of anilines is 1. The first kappa shape index (κ1) is 11.6. The quantitative estimate of drug-likeness (QED) is 0.784. The molecule has 3 nitrogen and oxygen atoms in total. The Morgan fingerprint density at radius 3 is 2.60 bits per heavy atom. The van der Waals surface area contributed by atoms with Crippen LogP contribution in [-0.4, -0.2) is 12.6 Å². The number of hydrogen-bond acceptors (Lipinski definition) is 1. The minimum Gasteiger partial charge on any atom is -0.338 e. The first-order valence-electron chi connectivity index (χ1n) is 5.31. The first-order chi connectivity index (χ1) is 7.17. The Hall–Kier alpha value is -1.51. The minimum atomic E-state index is -0.148. The summed E-state index contributed by atoms with van der Waals surface area (Å²) >= 11 is 0. The van der Waals surface area contributed by atoms with Gasteiger partial charge in [0.15, 0.2) is 0 Å². The zero-order valence-electron chi connectivity index (χ0n) is 9.55. The van der Waals surface area contributed by atoms with Gasteiger partial charge in [0.2, 0.25) is 0 Å². The highest BCUT2D eigenvalue weighted by atomic mass is 16.2. The highest BCUT2D eigenvalue weighted by Gasteiger charge is 2.02. The van der Waals surface area contributed by atoms with Crippen molar-refractivity contribution in [1.29, 1.82) is 0 Å². The number of aryl methyl sites for hydroxylation is 2. The van der Waals surface area contributed by atoms with Gasteiger partial charge in [0, 0.05) is 12.2 Å². The summed E-state index contributed by atoms with van der Waals surface area (Å²) in [6, 6.07) is 5.93. The number of carbonyl (C=O) groups is 1. The molecule has 0 saturated heterocycles. The van der Waals surface area contributed by atoms with Crippen LogP contribution in [0.25, 0.3) is 0 Å². The van der Waals surface area contributed by atoms with Crippen LogP contribution in [0.4, 0.5) is 10.5 Å². The Balaban J connectivity index is 2.73. The van der Waals surface area contributed by atoms with Gasteiger partial charge in [0.1, 0.15) is 0 Å². The van der Waals surface area contributed by atoms with Crippen LogP contribution in [0.3, 0.4) is 0 Å². The number of nitrogens with one attached hydrogen (secondary N) is 2. The average molecular weight is 206 g/mol. The van der Waals surface area contributed by atoms with Gasteiger partial charge in [-0.1, -0.05) is 19.1 Å². The number of urea groups is 1. The topological polar surface area (TPSA) is 41.1 Å². The molecule has 3 heteroatoms. The normalized spacial score (nSPS) is 9.80. The third kappa shape index (κ3) is 3.27. The van der Waals surface area contributed by atoms with Crippen molar-refractivity contribution in [2.75, 3.05) is 11.9 Å². The van der Waals surface area contributed by atoms with Crippen LogP contribution in [0.2, 0.25) is 0 Å². The molecule has 0 radical (unpaired) electrons. The minimum absolute atomic E-state index is 0.148. The number of benzene rings is 1. The van der Waals surface area contributed by atoms with Crippen LogP contribution >= 0.6 is 0 Å². The van der Waals surface area contributed by atoms with E-state index in [0.717, 1.165) is 17.7 Å². The van der Waals surface area contributed by atoms with E-state index in [4.69, 9.17) is 0 Å². The molecular formula is C12H18N2O. The van der Waals surface area contributed by atoms with Crippen LogP contribution in [-0.2, 0) is 6.42 Å². The Kier molecular flexibility index (Phi) is 4.16. The molecule has 15 heavy (non-hydrogen) atoms. The number of amides is 2. The molecule has 0 aliphatic heterocycles. The maximum absolute atomic E-state index is 11.3. The van der Waals surface area contributed by atoms with Gasteiger partial charge in [0.05, 0.1) is 0 Å². The molecule has 1 rings (SSSR count). The Labute approximate surface area is 90.9 Å². The van der Waals surface area contributed by atoms with Crippen molar-refractivity contribution in [2.24, 2.45) is 0 Å². The lowest BCUT2D eigenvalue weighted by molar-refractivity contribution is 0.252. The molecule has 0 atom stereocenters. The second kappa shape index (κ2) is 5.39. The molecule has 0 heterocycles. The van der Waals surface area contributed by atoms with E-state index in [1.807, 2.05) is 26.0 Å². The predicted molar refractivity (Wildman–Crippen MR) is 63.3 cm³/mol. The van der Waals surface area contributed by atoms with Gasteiger partial charge in [-0.25, -0.2) is 4.79 Å². The largest absolute Gasteiger partial charge is 0.338 e. The van der Waals surface area contributed by atoms with E-state index in [0.29, 0.717) is 6.54 Å². The summed E-state index contributed by atoms with van der Waals surface area (Å²) in [5.74, 6) is 0. The molecule has 0 saturated carbocycles. The molecule has 0 bridgehead atoms. The van der Waals surface area contributed by atoms with Crippen molar-refractivity contribution in [3.05, 3.63) is 29.3 Å². The summed E-state index contributed by atoms with van der Waals surface area (Å²) in [5, 5.41) is 5.51. The van der Waals surface area contributed by atoms with Crippen LogP contribution in [0.1, 0.15) is 25.0 Å². The summed E-state index contributed by atoms with van der Waals surface area (Å²) < 4.78 is 0. The number of rotatable bonds is 3. The smallest absolute Gasteiger partial charge is 0.319 e. The van der Waals surface area contributed by atoms with E-state index in [1.165, 1.54) is 5.56 Å². The Morgan fingerprint density at radius 2 is 2.07 bits per heavy atom. The lowest BCUT2D eigenvalue weighted by atomic mass is 10.1. The lowest BCUT2D eigenvalue weighted by Gasteiger charge is -2.09. The molecule has 0 fully saturated rings. The van der Waals surface area contributed by atoms with E-state index in [2.05, 4.69) is 23.6 Å². The van der Waals surface area contributed by atoms with Crippen molar-refractivity contribution < 1.29 is 4.79 Å².